The minimum absolute atomic E-state index is 0.192. The smallest absolute Gasteiger partial charge is 0.254 e. The molecule has 0 spiro atoms. The molecule has 1 saturated heterocycles. The monoisotopic (exact) mass is 175 g/mol. The normalized spacial score (nSPS) is 14.4. The SMILES string of the molecule is CCc1ccccc1C(=O)N1CC1. The number of hydrogen-bond donors (Lipinski definition) is 0. The van der Waals surface area contributed by atoms with Gasteiger partial charge in [-0.1, -0.05) is 25.1 Å². The Hall–Kier alpha value is -1.31. The third kappa shape index (κ3) is 1.57. The molecule has 1 aromatic rings. The second kappa shape index (κ2) is 3.21. The van der Waals surface area contributed by atoms with E-state index >= 15 is 0 Å². The van der Waals surface area contributed by atoms with E-state index in [1.807, 2.05) is 29.2 Å². The van der Waals surface area contributed by atoms with Gasteiger partial charge in [-0.2, -0.15) is 0 Å². The highest BCUT2D eigenvalue weighted by Crippen LogP contribution is 2.16. The fraction of sp³-hybridized carbons (Fsp3) is 0.364. The Bertz CT molecular complexity index is 329. The summed E-state index contributed by atoms with van der Waals surface area (Å²) in [5, 5.41) is 0. The number of benzene rings is 1. The first-order valence-corrected chi connectivity index (χ1v) is 4.70. The van der Waals surface area contributed by atoms with Crippen LogP contribution in [0, 0.1) is 0 Å². The molecule has 13 heavy (non-hydrogen) atoms. The summed E-state index contributed by atoms with van der Waals surface area (Å²) < 4.78 is 0. The van der Waals surface area contributed by atoms with Gasteiger partial charge in [0.05, 0.1) is 0 Å². The van der Waals surface area contributed by atoms with Gasteiger partial charge in [0.25, 0.3) is 5.91 Å². The minimum atomic E-state index is 0.192. The van der Waals surface area contributed by atoms with Gasteiger partial charge in [-0.15, -0.1) is 0 Å². The highest BCUT2D eigenvalue weighted by Gasteiger charge is 2.26. The van der Waals surface area contributed by atoms with E-state index in [-0.39, 0.29) is 5.91 Å². The van der Waals surface area contributed by atoms with Gasteiger partial charge in [0, 0.05) is 18.7 Å². The number of hydrogen-bond acceptors (Lipinski definition) is 1. The Morgan fingerprint density at radius 2 is 2.08 bits per heavy atom. The van der Waals surface area contributed by atoms with Crippen molar-refractivity contribution >= 4 is 5.91 Å². The molecule has 1 aliphatic heterocycles. The molecule has 0 radical (unpaired) electrons. The lowest BCUT2D eigenvalue weighted by Gasteiger charge is -2.06. The molecule has 2 heteroatoms. The summed E-state index contributed by atoms with van der Waals surface area (Å²) in [5.74, 6) is 0.192. The molecular weight excluding hydrogens is 162 g/mol. The van der Waals surface area contributed by atoms with E-state index in [9.17, 15) is 4.79 Å². The van der Waals surface area contributed by atoms with Crippen molar-refractivity contribution in [2.45, 2.75) is 13.3 Å². The highest BCUT2D eigenvalue weighted by molar-refractivity contribution is 5.96. The molecule has 1 fully saturated rings. The first kappa shape index (κ1) is 8.30. The molecule has 1 aromatic carbocycles. The van der Waals surface area contributed by atoms with Crippen molar-refractivity contribution in [3.63, 3.8) is 0 Å². The van der Waals surface area contributed by atoms with Crippen LogP contribution in [-0.2, 0) is 6.42 Å². The minimum Gasteiger partial charge on any atom is -0.335 e. The van der Waals surface area contributed by atoms with Crippen LogP contribution in [0.15, 0.2) is 24.3 Å². The van der Waals surface area contributed by atoms with E-state index in [1.165, 1.54) is 0 Å². The molecule has 1 amide bonds. The maximum atomic E-state index is 11.7. The van der Waals surface area contributed by atoms with Crippen molar-refractivity contribution in [2.75, 3.05) is 13.1 Å². The second-order valence-corrected chi connectivity index (χ2v) is 3.30. The van der Waals surface area contributed by atoms with Crippen LogP contribution in [0.5, 0.6) is 0 Å². The lowest BCUT2D eigenvalue weighted by Crippen LogP contribution is -2.12. The fourth-order valence-corrected chi connectivity index (χ4v) is 1.46. The highest BCUT2D eigenvalue weighted by atomic mass is 16.2. The molecule has 0 saturated carbocycles. The quantitative estimate of drug-likeness (QED) is 0.626. The zero-order valence-corrected chi connectivity index (χ0v) is 7.79. The van der Waals surface area contributed by atoms with E-state index < -0.39 is 0 Å². The topological polar surface area (TPSA) is 20.1 Å². The Kier molecular flexibility index (Phi) is 2.05. The maximum Gasteiger partial charge on any atom is 0.254 e. The lowest BCUT2D eigenvalue weighted by atomic mass is 10.1. The molecule has 2 nitrogen and oxygen atoms in total. The zero-order valence-electron chi connectivity index (χ0n) is 7.79. The van der Waals surface area contributed by atoms with Crippen LogP contribution in [0.2, 0.25) is 0 Å². The van der Waals surface area contributed by atoms with E-state index in [2.05, 4.69) is 6.92 Å². The third-order valence-electron chi connectivity index (χ3n) is 2.36. The number of nitrogens with zero attached hydrogens (tertiary/aromatic N) is 1. The van der Waals surface area contributed by atoms with Gasteiger partial charge in [-0.25, -0.2) is 0 Å². The van der Waals surface area contributed by atoms with E-state index in [0.29, 0.717) is 0 Å². The standard InChI is InChI=1S/C11H13NO/c1-2-9-5-3-4-6-10(9)11(13)12-7-8-12/h3-6H,2,7-8H2,1H3. The molecule has 2 rings (SSSR count). The summed E-state index contributed by atoms with van der Waals surface area (Å²) in [6, 6.07) is 7.85. The van der Waals surface area contributed by atoms with Gasteiger partial charge >= 0.3 is 0 Å². The summed E-state index contributed by atoms with van der Waals surface area (Å²) >= 11 is 0. The molecule has 1 aliphatic rings. The number of carbonyl (C=O) groups is 1. The lowest BCUT2D eigenvalue weighted by molar-refractivity contribution is 0.0884. The van der Waals surface area contributed by atoms with Gasteiger partial charge in [0.2, 0.25) is 0 Å². The number of amides is 1. The van der Waals surface area contributed by atoms with Gasteiger partial charge < -0.3 is 4.90 Å². The first-order valence-electron chi connectivity index (χ1n) is 4.70. The molecule has 0 aliphatic carbocycles. The molecule has 0 aromatic heterocycles. The number of rotatable bonds is 2. The van der Waals surface area contributed by atoms with Crippen molar-refractivity contribution in [2.24, 2.45) is 0 Å². The van der Waals surface area contributed by atoms with Crippen LogP contribution < -0.4 is 0 Å². The summed E-state index contributed by atoms with van der Waals surface area (Å²) in [5.41, 5.74) is 2.03. The van der Waals surface area contributed by atoms with Gasteiger partial charge in [0.1, 0.15) is 0 Å². The molecular formula is C11H13NO. The summed E-state index contributed by atoms with van der Waals surface area (Å²) in [6.45, 7) is 3.93. The van der Waals surface area contributed by atoms with Crippen molar-refractivity contribution in [3.05, 3.63) is 35.4 Å². The van der Waals surface area contributed by atoms with E-state index in [0.717, 1.165) is 30.6 Å². The average Bonchev–Trinajstić information content (AvgIpc) is 3.00. The Balaban J connectivity index is 2.31. The third-order valence-corrected chi connectivity index (χ3v) is 2.36. The molecule has 0 N–H and O–H groups in total. The number of aryl methyl sites for hydroxylation is 1. The van der Waals surface area contributed by atoms with Crippen molar-refractivity contribution < 1.29 is 4.79 Å². The van der Waals surface area contributed by atoms with Crippen LogP contribution in [-0.4, -0.2) is 23.9 Å². The van der Waals surface area contributed by atoms with Crippen molar-refractivity contribution in [1.82, 2.24) is 4.90 Å². The van der Waals surface area contributed by atoms with E-state index in [4.69, 9.17) is 0 Å². The van der Waals surface area contributed by atoms with Crippen LogP contribution in [0.25, 0.3) is 0 Å². The molecule has 0 bridgehead atoms. The van der Waals surface area contributed by atoms with Crippen LogP contribution in [0.1, 0.15) is 22.8 Å². The first-order chi connectivity index (χ1) is 6.33. The molecule has 1 heterocycles. The van der Waals surface area contributed by atoms with Gasteiger partial charge in [-0.05, 0) is 18.1 Å². The second-order valence-electron chi connectivity index (χ2n) is 3.30. The van der Waals surface area contributed by atoms with Gasteiger partial charge in [-0.3, -0.25) is 4.79 Å². The zero-order chi connectivity index (χ0) is 9.26. The summed E-state index contributed by atoms with van der Waals surface area (Å²) in [4.78, 5) is 13.6. The van der Waals surface area contributed by atoms with Crippen molar-refractivity contribution in [3.8, 4) is 0 Å². The van der Waals surface area contributed by atoms with E-state index in [1.54, 1.807) is 0 Å². The summed E-state index contributed by atoms with van der Waals surface area (Å²) in [6.07, 6.45) is 0.926. The molecule has 0 unspecified atom stereocenters. The van der Waals surface area contributed by atoms with Gasteiger partial charge in [0.15, 0.2) is 0 Å². The fourth-order valence-electron chi connectivity index (χ4n) is 1.46. The van der Waals surface area contributed by atoms with Crippen LogP contribution >= 0.6 is 0 Å². The largest absolute Gasteiger partial charge is 0.335 e. The molecule has 0 atom stereocenters. The predicted octanol–water partition coefficient (Wildman–Crippen LogP) is 1.70. The maximum absolute atomic E-state index is 11.7. The van der Waals surface area contributed by atoms with Crippen LogP contribution in [0.4, 0.5) is 0 Å². The summed E-state index contributed by atoms with van der Waals surface area (Å²) in [7, 11) is 0. The Labute approximate surface area is 78.2 Å². The Morgan fingerprint density at radius 3 is 2.69 bits per heavy atom. The predicted molar refractivity (Wildman–Crippen MR) is 51.7 cm³/mol. The Morgan fingerprint density at radius 1 is 1.38 bits per heavy atom. The van der Waals surface area contributed by atoms with Crippen molar-refractivity contribution in [1.29, 1.82) is 0 Å². The number of carbonyl (C=O) groups excluding carboxylic acids is 1. The van der Waals surface area contributed by atoms with Crippen LogP contribution in [0.3, 0.4) is 0 Å². The average molecular weight is 175 g/mol. The molecule has 68 valence electrons.